The van der Waals surface area contributed by atoms with Gasteiger partial charge in [-0.1, -0.05) is 123 Å². The van der Waals surface area contributed by atoms with Gasteiger partial charge in [-0.25, -0.2) is 9.97 Å². The smallest absolute Gasteiger partial charge is 0.127 e. The number of para-hydroxylation sites is 1. The van der Waals surface area contributed by atoms with E-state index in [4.69, 9.17) is 14.7 Å². The third-order valence-corrected chi connectivity index (χ3v) is 14.3. The lowest BCUT2D eigenvalue weighted by Gasteiger charge is -2.33. The molecule has 0 N–H and O–H groups in total. The van der Waals surface area contributed by atoms with Crippen molar-refractivity contribution in [3.8, 4) is 61.9 Å². The zero-order valence-electron chi connectivity index (χ0n) is 35.0. The van der Waals surface area contributed by atoms with Gasteiger partial charge in [-0.15, -0.1) is 11.3 Å². The maximum Gasteiger partial charge on any atom is 0.127 e. The number of ether oxygens (including phenoxy) is 1. The van der Waals surface area contributed by atoms with Crippen molar-refractivity contribution in [1.29, 1.82) is 0 Å². The monoisotopic (exact) mass is 830 g/mol. The minimum atomic E-state index is 0.312. The molecule has 2 aliphatic rings. The first kappa shape index (κ1) is 37.5. The molecule has 0 spiro atoms. The molecule has 1 aliphatic heterocycles. The lowest BCUT2D eigenvalue weighted by Crippen LogP contribution is -2.19. The minimum absolute atomic E-state index is 0.312. The molecule has 3 unspecified atom stereocenters. The molecule has 0 saturated carbocycles. The van der Waals surface area contributed by atoms with E-state index in [1.807, 2.05) is 66.2 Å². The summed E-state index contributed by atoms with van der Waals surface area (Å²) in [7, 11) is 0. The number of thiophene rings is 1. The molecule has 302 valence electrons. The fraction of sp³-hybridized carbons (Fsp3) is 0.123. The Morgan fingerprint density at radius 1 is 0.587 bits per heavy atom. The Hall–Kier alpha value is -7.28. The molecule has 0 bridgehead atoms. The first-order valence-corrected chi connectivity index (χ1v) is 22.6. The predicted octanol–water partition coefficient (Wildman–Crippen LogP) is 14.9. The van der Waals surface area contributed by atoms with Crippen LogP contribution in [-0.2, 0) is 6.61 Å². The van der Waals surface area contributed by atoms with Gasteiger partial charge in [0.25, 0.3) is 0 Å². The van der Waals surface area contributed by atoms with Crippen LogP contribution in [0.15, 0.2) is 176 Å². The van der Waals surface area contributed by atoms with E-state index in [9.17, 15) is 0 Å². The number of benzene rings is 5. The van der Waals surface area contributed by atoms with E-state index in [1.54, 1.807) is 0 Å². The van der Waals surface area contributed by atoms with E-state index >= 15 is 0 Å². The summed E-state index contributed by atoms with van der Waals surface area (Å²) in [5, 5.41) is 3.81. The van der Waals surface area contributed by atoms with Crippen LogP contribution >= 0.6 is 11.3 Å². The summed E-state index contributed by atoms with van der Waals surface area (Å²) in [6, 6.07) is 56.1. The van der Waals surface area contributed by atoms with Crippen LogP contribution in [0.2, 0.25) is 0 Å². The molecule has 63 heavy (non-hydrogen) atoms. The van der Waals surface area contributed by atoms with Crippen LogP contribution in [0, 0.1) is 11.8 Å². The summed E-state index contributed by atoms with van der Waals surface area (Å²) in [5.74, 6) is 1.95. The van der Waals surface area contributed by atoms with Crippen LogP contribution < -0.4 is 4.74 Å². The molecule has 1 aliphatic carbocycles. The lowest BCUT2D eigenvalue weighted by molar-refractivity contribution is 0.302. The Labute approximate surface area is 370 Å². The highest BCUT2D eigenvalue weighted by atomic mass is 32.1. The van der Waals surface area contributed by atoms with Gasteiger partial charge in [0.15, 0.2) is 0 Å². The molecule has 12 rings (SSSR count). The molecule has 0 radical (unpaired) electrons. The second kappa shape index (κ2) is 15.3. The number of allylic oxidation sites excluding steroid dienone is 2. The molecule has 0 saturated heterocycles. The Morgan fingerprint density at radius 3 is 2.08 bits per heavy atom. The highest BCUT2D eigenvalue weighted by Gasteiger charge is 2.31. The van der Waals surface area contributed by atoms with E-state index < -0.39 is 0 Å². The van der Waals surface area contributed by atoms with Gasteiger partial charge in [-0.2, -0.15) is 0 Å². The van der Waals surface area contributed by atoms with E-state index in [-0.39, 0.29) is 0 Å². The first-order valence-electron chi connectivity index (χ1n) is 21.8. The fourth-order valence-corrected chi connectivity index (χ4v) is 11.3. The molecular formula is C57H42N4OS. The Morgan fingerprint density at radius 2 is 1.30 bits per heavy atom. The van der Waals surface area contributed by atoms with Gasteiger partial charge >= 0.3 is 0 Å². The Kier molecular flexibility index (Phi) is 9.08. The third-order valence-electron chi connectivity index (χ3n) is 13.2. The fourth-order valence-electron chi connectivity index (χ4n) is 10.0. The van der Waals surface area contributed by atoms with Crippen LogP contribution in [0.1, 0.15) is 43.0 Å². The van der Waals surface area contributed by atoms with Gasteiger partial charge in [-0.05, 0) is 123 Å². The van der Waals surface area contributed by atoms with Crippen molar-refractivity contribution in [3.05, 3.63) is 193 Å². The van der Waals surface area contributed by atoms with Gasteiger partial charge in [0, 0.05) is 38.8 Å². The molecule has 0 amide bonds. The SMILES string of the molecule is CC1CC(c2ccc(-c3cc(-c4ccccn4)nc(-c4ccccn4)c3)cc2)C(C)C=C1c1nc2cc(-c3cccc4c3-c3ccccc3OC4)ccc2c2c1sc1ccccc12. The summed E-state index contributed by atoms with van der Waals surface area (Å²) in [6.45, 7) is 5.34. The van der Waals surface area contributed by atoms with Crippen LogP contribution in [0.4, 0.5) is 0 Å². The molecule has 6 heterocycles. The van der Waals surface area contributed by atoms with Gasteiger partial charge in [0.2, 0.25) is 0 Å². The predicted molar refractivity (Wildman–Crippen MR) is 260 cm³/mol. The molecule has 5 aromatic carbocycles. The van der Waals surface area contributed by atoms with Gasteiger partial charge in [-0.3, -0.25) is 9.97 Å². The zero-order chi connectivity index (χ0) is 42.0. The Balaban J connectivity index is 0.922. The standard InChI is InChI=1S/C57H42N4OS/c1-34-29-46(35(2)28-45(34)37-22-20-36(21-23-37)40-31-50(47-16-7-9-26-58-47)60-51(32-40)48-17-8-10-27-59-48)56-57-55(44-14-4-6-19-53(44)63-57)42-25-24-38(30-49(42)61-56)41-15-11-12-39-33-62-52-18-5-3-13-43(52)54(39)41/h3-27,29-32,34-35,45H,28,33H2,1-2H3. The molecule has 6 heteroatoms. The van der Waals surface area contributed by atoms with Gasteiger partial charge in [0.1, 0.15) is 12.4 Å². The van der Waals surface area contributed by atoms with E-state index in [0.717, 1.165) is 62.8 Å². The van der Waals surface area contributed by atoms with Crippen molar-refractivity contribution >= 4 is 48.0 Å². The summed E-state index contributed by atoms with van der Waals surface area (Å²) >= 11 is 1.88. The summed E-state index contributed by atoms with van der Waals surface area (Å²) in [5.41, 5.74) is 16.4. The van der Waals surface area contributed by atoms with Crippen LogP contribution in [0.5, 0.6) is 5.75 Å². The number of fused-ring (bicyclic) bond motifs is 8. The number of aromatic nitrogens is 4. The highest BCUT2D eigenvalue weighted by Crippen LogP contribution is 2.49. The largest absolute Gasteiger partial charge is 0.488 e. The van der Waals surface area contributed by atoms with Crippen LogP contribution in [-0.4, -0.2) is 19.9 Å². The van der Waals surface area contributed by atoms with Crippen molar-refractivity contribution in [1.82, 2.24) is 19.9 Å². The maximum atomic E-state index is 6.16. The van der Waals surface area contributed by atoms with Crippen molar-refractivity contribution in [3.63, 3.8) is 0 Å². The molecule has 3 atom stereocenters. The average Bonchev–Trinajstić information content (AvgIpc) is 3.74. The van der Waals surface area contributed by atoms with E-state index in [0.29, 0.717) is 24.4 Å². The number of rotatable bonds is 6. The normalized spacial score (nSPS) is 17.0. The van der Waals surface area contributed by atoms with E-state index in [1.165, 1.54) is 58.9 Å². The zero-order valence-corrected chi connectivity index (χ0v) is 35.8. The Bertz CT molecular complexity index is 3360. The number of nitrogens with zero attached hydrogens (tertiary/aromatic N) is 4. The number of hydrogen-bond donors (Lipinski definition) is 0. The molecule has 5 nitrogen and oxygen atoms in total. The van der Waals surface area contributed by atoms with Crippen molar-refractivity contribution < 1.29 is 4.74 Å². The van der Waals surface area contributed by atoms with Crippen molar-refractivity contribution in [2.24, 2.45) is 11.8 Å². The van der Waals surface area contributed by atoms with Gasteiger partial charge in [0.05, 0.1) is 38.7 Å². The topological polar surface area (TPSA) is 60.8 Å². The summed E-state index contributed by atoms with van der Waals surface area (Å²) < 4.78 is 8.74. The van der Waals surface area contributed by atoms with Crippen molar-refractivity contribution in [2.75, 3.05) is 0 Å². The first-order chi connectivity index (χ1) is 31.0. The van der Waals surface area contributed by atoms with Crippen LogP contribution in [0.25, 0.3) is 92.8 Å². The average molecular weight is 831 g/mol. The summed E-state index contributed by atoms with van der Waals surface area (Å²) in [6.07, 6.45) is 7.20. The minimum Gasteiger partial charge on any atom is -0.488 e. The third kappa shape index (κ3) is 6.52. The van der Waals surface area contributed by atoms with Crippen LogP contribution in [0.3, 0.4) is 0 Å². The molecule has 0 fully saturated rings. The second-order valence-corrected chi connectivity index (χ2v) is 18.1. The quantitative estimate of drug-likeness (QED) is 0.167. The molecule has 10 aromatic rings. The lowest BCUT2D eigenvalue weighted by atomic mass is 9.72. The van der Waals surface area contributed by atoms with Crippen molar-refractivity contribution in [2.45, 2.75) is 32.8 Å². The maximum absolute atomic E-state index is 6.16. The summed E-state index contributed by atoms with van der Waals surface area (Å²) in [4.78, 5) is 19.9. The highest BCUT2D eigenvalue weighted by molar-refractivity contribution is 7.26. The number of hydrogen-bond acceptors (Lipinski definition) is 6. The number of pyridine rings is 4. The molecule has 5 aromatic heterocycles. The second-order valence-electron chi connectivity index (χ2n) is 17.0. The van der Waals surface area contributed by atoms with Gasteiger partial charge < -0.3 is 4.74 Å². The van der Waals surface area contributed by atoms with E-state index in [2.05, 4.69) is 145 Å². The molecular weight excluding hydrogens is 789 g/mol.